The molecule has 0 amide bonds. The molecule has 0 heterocycles. The van der Waals surface area contributed by atoms with Crippen LogP contribution in [0.4, 0.5) is 8.78 Å². The molecule has 0 spiro atoms. The summed E-state index contributed by atoms with van der Waals surface area (Å²) < 4.78 is 27.3. The third kappa shape index (κ3) is 3.12. The van der Waals surface area contributed by atoms with Gasteiger partial charge < -0.3 is 0 Å². The average molecular weight is 263 g/mol. The molecule has 19 heavy (non-hydrogen) atoms. The van der Waals surface area contributed by atoms with Gasteiger partial charge in [0, 0.05) is 0 Å². The second kappa shape index (κ2) is 6.14. The lowest BCUT2D eigenvalue weighted by Crippen LogP contribution is -2.14. The Kier molecular flexibility index (Phi) is 4.52. The summed E-state index contributed by atoms with van der Waals surface area (Å²) in [4.78, 5) is 0. The minimum Gasteiger partial charge on any atom is -0.205 e. The third-order valence-electron chi connectivity index (χ3n) is 4.13. The molecule has 2 unspecified atom stereocenters. The van der Waals surface area contributed by atoms with Gasteiger partial charge in [-0.05, 0) is 42.4 Å². The summed E-state index contributed by atoms with van der Waals surface area (Å²) in [5.41, 5.74) is 0.250. The van der Waals surface area contributed by atoms with Gasteiger partial charge in [0.2, 0.25) is 0 Å². The summed E-state index contributed by atoms with van der Waals surface area (Å²) in [6.45, 7) is 2.17. The molecule has 1 nitrogen and oxygen atoms in total. The van der Waals surface area contributed by atoms with E-state index in [0.29, 0.717) is 5.92 Å². The van der Waals surface area contributed by atoms with E-state index in [4.69, 9.17) is 5.26 Å². The topological polar surface area (TPSA) is 23.8 Å². The number of hydrogen-bond donors (Lipinski definition) is 0. The monoisotopic (exact) mass is 263 g/mol. The lowest BCUT2D eigenvalue weighted by atomic mass is 9.76. The van der Waals surface area contributed by atoms with Crippen molar-refractivity contribution in [2.75, 3.05) is 0 Å². The Balaban J connectivity index is 2.20. The van der Waals surface area contributed by atoms with Gasteiger partial charge in [0.05, 0.1) is 0 Å². The number of nitriles is 1. The molecule has 3 heteroatoms. The first-order valence-electron chi connectivity index (χ1n) is 7.04. The summed E-state index contributed by atoms with van der Waals surface area (Å²) in [5.74, 6) is -0.544. The van der Waals surface area contributed by atoms with Crippen molar-refractivity contribution in [2.45, 2.75) is 51.4 Å². The molecule has 0 bridgehead atoms. The molecule has 0 N–H and O–H groups in total. The fourth-order valence-corrected chi connectivity index (χ4v) is 3.20. The molecule has 1 aliphatic carbocycles. The minimum atomic E-state index is -0.727. The van der Waals surface area contributed by atoms with Crippen molar-refractivity contribution < 1.29 is 8.78 Å². The number of benzene rings is 1. The van der Waals surface area contributed by atoms with Crippen LogP contribution in [0.3, 0.4) is 0 Å². The van der Waals surface area contributed by atoms with Crippen molar-refractivity contribution >= 4 is 0 Å². The van der Waals surface area contributed by atoms with Crippen LogP contribution in [0.5, 0.6) is 0 Å². The quantitative estimate of drug-likeness (QED) is 0.760. The second-order valence-corrected chi connectivity index (χ2v) is 5.49. The summed E-state index contributed by atoms with van der Waals surface area (Å²) >= 11 is 0. The van der Waals surface area contributed by atoms with E-state index in [-0.39, 0.29) is 5.92 Å². The van der Waals surface area contributed by atoms with E-state index in [2.05, 4.69) is 6.92 Å². The van der Waals surface area contributed by atoms with Gasteiger partial charge >= 0.3 is 0 Å². The van der Waals surface area contributed by atoms with Crippen LogP contribution in [0, 0.1) is 28.9 Å². The van der Waals surface area contributed by atoms with Gasteiger partial charge in [-0.2, -0.15) is 5.26 Å². The number of halogens is 2. The Hall–Kier alpha value is -1.43. The zero-order chi connectivity index (χ0) is 13.8. The molecule has 1 aromatic carbocycles. The van der Waals surface area contributed by atoms with Gasteiger partial charge in [-0.3, -0.25) is 0 Å². The SMILES string of the molecule is CCCC1CCCC(c2cc(F)c(C#N)c(F)c2)C1. The van der Waals surface area contributed by atoms with Gasteiger partial charge in [0.25, 0.3) is 0 Å². The first-order chi connectivity index (χ1) is 9.15. The summed E-state index contributed by atoms with van der Waals surface area (Å²) in [6, 6.07) is 4.27. The lowest BCUT2D eigenvalue weighted by Gasteiger charge is -2.29. The van der Waals surface area contributed by atoms with E-state index < -0.39 is 17.2 Å². The van der Waals surface area contributed by atoms with E-state index in [0.717, 1.165) is 31.2 Å². The van der Waals surface area contributed by atoms with Crippen LogP contribution in [0.15, 0.2) is 12.1 Å². The molecule has 2 atom stereocenters. The Labute approximate surface area is 113 Å². The molecule has 1 fully saturated rings. The Morgan fingerprint density at radius 3 is 2.53 bits per heavy atom. The van der Waals surface area contributed by atoms with Gasteiger partial charge in [0.15, 0.2) is 0 Å². The van der Waals surface area contributed by atoms with Gasteiger partial charge in [0.1, 0.15) is 23.3 Å². The first kappa shape index (κ1) is 14.0. The Morgan fingerprint density at radius 1 is 1.26 bits per heavy atom. The highest BCUT2D eigenvalue weighted by Crippen LogP contribution is 2.38. The van der Waals surface area contributed by atoms with E-state index in [1.54, 1.807) is 6.07 Å². The largest absolute Gasteiger partial charge is 0.205 e. The van der Waals surface area contributed by atoms with Crippen LogP contribution in [0.2, 0.25) is 0 Å². The van der Waals surface area contributed by atoms with Gasteiger partial charge in [-0.15, -0.1) is 0 Å². The third-order valence-corrected chi connectivity index (χ3v) is 4.13. The average Bonchev–Trinajstić information content (AvgIpc) is 2.39. The van der Waals surface area contributed by atoms with Crippen LogP contribution in [0.25, 0.3) is 0 Å². The van der Waals surface area contributed by atoms with Crippen molar-refractivity contribution in [2.24, 2.45) is 5.92 Å². The van der Waals surface area contributed by atoms with E-state index >= 15 is 0 Å². The Bertz CT molecular complexity index is 465. The van der Waals surface area contributed by atoms with Crippen LogP contribution < -0.4 is 0 Å². The smallest absolute Gasteiger partial charge is 0.144 e. The lowest BCUT2D eigenvalue weighted by molar-refractivity contribution is 0.303. The number of hydrogen-bond acceptors (Lipinski definition) is 1. The molecule has 1 aliphatic rings. The van der Waals surface area contributed by atoms with Gasteiger partial charge in [-0.25, -0.2) is 8.78 Å². The highest BCUT2D eigenvalue weighted by atomic mass is 19.1. The van der Waals surface area contributed by atoms with Crippen molar-refractivity contribution in [1.82, 2.24) is 0 Å². The normalized spacial score (nSPS) is 23.1. The summed E-state index contributed by atoms with van der Waals surface area (Å²) in [7, 11) is 0. The van der Waals surface area contributed by atoms with E-state index in [1.165, 1.54) is 25.0 Å². The maximum Gasteiger partial charge on any atom is 0.144 e. The number of nitrogens with zero attached hydrogens (tertiary/aromatic N) is 1. The minimum absolute atomic E-state index is 0.238. The zero-order valence-corrected chi connectivity index (χ0v) is 11.3. The molecule has 1 saturated carbocycles. The molecule has 102 valence electrons. The van der Waals surface area contributed by atoms with Crippen LogP contribution in [-0.2, 0) is 0 Å². The van der Waals surface area contributed by atoms with Crippen molar-refractivity contribution in [3.05, 3.63) is 34.9 Å². The predicted molar refractivity (Wildman–Crippen MR) is 70.7 cm³/mol. The molecule has 1 aromatic rings. The fraction of sp³-hybridized carbons (Fsp3) is 0.562. The van der Waals surface area contributed by atoms with Crippen molar-refractivity contribution in [3.8, 4) is 6.07 Å². The van der Waals surface area contributed by atoms with Gasteiger partial charge in [-0.1, -0.05) is 32.6 Å². The molecule has 0 aliphatic heterocycles. The standard InChI is InChI=1S/C16H19F2N/c1-2-4-11-5-3-6-12(7-11)13-8-15(17)14(10-19)16(18)9-13/h8-9,11-12H,2-7H2,1H3. The first-order valence-corrected chi connectivity index (χ1v) is 7.04. The predicted octanol–water partition coefficient (Wildman–Crippen LogP) is 4.91. The van der Waals surface area contributed by atoms with Crippen LogP contribution >= 0.6 is 0 Å². The molecular formula is C16H19F2N. The highest BCUT2D eigenvalue weighted by Gasteiger charge is 2.24. The molecular weight excluding hydrogens is 244 g/mol. The maximum atomic E-state index is 13.6. The Morgan fingerprint density at radius 2 is 1.95 bits per heavy atom. The fourth-order valence-electron chi connectivity index (χ4n) is 3.20. The molecule has 2 rings (SSSR count). The molecule has 0 radical (unpaired) electrons. The maximum absolute atomic E-state index is 13.6. The van der Waals surface area contributed by atoms with Crippen molar-refractivity contribution in [1.29, 1.82) is 5.26 Å². The van der Waals surface area contributed by atoms with Crippen molar-refractivity contribution in [3.63, 3.8) is 0 Å². The number of rotatable bonds is 3. The highest BCUT2D eigenvalue weighted by molar-refractivity contribution is 5.36. The molecule has 0 aromatic heterocycles. The van der Waals surface area contributed by atoms with Crippen LogP contribution in [0.1, 0.15) is 62.5 Å². The van der Waals surface area contributed by atoms with E-state index in [9.17, 15) is 8.78 Å². The summed E-state index contributed by atoms with van der Waals surface area (Å²) in [5, 5.41) is 8.68. The second-order valence-electron chi connectivity index (χ2n) is 5.49. The summed E-state index contributed by atoms with van der Waals surface area (Å²) in [6.07, 6.45) is 6.71. The zero-order valence-electron chi connectivity index (χ0n) is 11.3. The van der Waals surface area contributed by atoms with E-state index in [1.807, 2.05) is 0 Å². The van der Waals surface area contributed by atoms with Crippen LogP contribution in [-0.4, -0.2) is 0 Å². The molecule has 0 saturated heterocycles.